The molecule has 1 aromatic carbocycles. The van der Waals surface area contributed by atoms with Gasteiger partial charge in [0.1, 0.15) is 5.82 Å². The number of rotatable bonds is 4. The van der Waals surface area contributed by atoms with Crippen LogP contribution in [0.5, 0.6) is 0 Å². The van der Waals surface area contributed by atoms with Crippen molar-refractivity contribution in [2.75, 3.05) is 0 Å². The van der Waals surface area contributed by atoms with Gasteiger partial charge in [-0.1, -0.05) is 30.3 Å². The maximum Gasteiger partial charge on any atom is 0.164 e. The van der Waals surface area contributed by atoms with E-state index in [9.17, 15) is 0 Å². The van der Waals surface area contributed by atoms with Crippen molar-refractivity contribution in [3.63, 3.8) is 0 Å². The molecule has 1 aromatic heterocycles. The first-order valence-electron chi connectivity index (χ1n) is 4.97. The molecular formula is C11H14N4. The predicted octanol–water partition coefficient (Wildman–Crippen LogP) is 1.40. The van der Waals surface area contributed by atoms with Gasteiger partial charge in [0.05, 0.1) is 6.54 Å². The molecule has 2 rings (SSSR count). The maximum atomic E-state index is 4.21. The van der Waals surface area contributed by atoms with Crippen LogP contribution >= 0.6 is 0 Å². The third-order valence-electron chi connectivity index (χ3n) is 2.10. The first kappa shape index (κ1) is 9.86. The predicted molar refractivity (Wildman–Crippen MR) is 58.1 cm³/mol. The zero-order valence-electron chi connectivity index (χ0n) is 8.70. The number of aromatic nitrogens is 3. The molecule has 0 saturated heterocycles. The van der Waals surface area contributed by atoms with Gasteiger partial charge in [0.2, 0.25) is 0 Å². The van der Waals surface area contributed by atoms with Gasteiger partial charge in [-0.05, 0) is 12.5 Å². The topological polar surface area (TPSA) is 53.6 Å². The molecule has 2 aromatic rings. The van der Waals surface area contributed by atoms with Gasteiger partial charge in [0, 0.05) is 6.54 Å². The van der Waals surface area contributed by atoms with Gasteiger partial charge in [-0.2, -0.15) is 5.10 Å². The van der Waals surface area contributed by atoms with E-state index in [-0.39, 0.29) is 0 Å². The number of aryl methyl sites for hydroxylation is 1. The van der Waals surface area contributed by atoms with Crippen molar-refractivity contribution >= 4 is 0 Å². The van der Waals surface area contributed by atoms with Gasteiger partial charge >= 0.3 is 0 Å². The van der Waals surface area contributed by atoms with E-state index in [0.717, 1.165) is 18.2 Å². The average Bonchev–Trinajstić information content (AvgIpc) is 2.66. The van der Waals surface area contributed by atoms with Crippen molar-refractivity contribution in [3.05, 3.63) is 47.5 Å². The molecule has 0 unspecified atom stereocenters. The van der Waals surface area contributed by atoms with Crippen LogP contribution in [-0.4, -0.2) is 15.2 Å². The second-order valence-corrected chi connectivity index (χ2v) is 3.43. The van der Waals surface area contributed by atoms with Gasteiger partial charge in [-0.15, -0.1) is 0 Å². The smallest absolute Gasteiger partial charge is 0.164 e. The second-order valence-electron chi connectivity index (χ2n) is 3.43. The quantitative estimate of drug-likeness (QED) is 0.788. The van der Waals surface area contributed by atoms with E-state index in [1.165, 1.54) is 5.56 Å². The van der Waals surface area contributed by atoms with Crippen LogP contribution in [0.2, 0.25) is 0 Å². The summed E-state index contributed by atoms with van der Waals surface area (Å²) in [4.78, 5) is 4.21. The Morgan fingerprint density at radius 3 is 2.67 bits per heavy atom. The number of hydrogen-bond donors (Lipinski definition) is 2. The Hall–Kier alpha value is -1.68. The summed E-state index contributed by atoms with van der Waals surface area (Å²) in [6, 6.07) is 10.3. The van der Waals surface area contributed by atoms with E-state index in [1.807, 2.05) is 25.1 Å². The molecule has 0 aliphatic heterocycles. The lowest BCUT2D eigenvalue weighted by molar-refractivity contribution is 0.664. The number of aromatic amines is 1. The highest BCUT2D eigenvalue weighted by atomic mass is 15.2. The van der Waals surface area contributed by atoms with E-state index in [0.29, 0.717) is 6.54 Å². The molecule has 2 N–H and O–H groups in total. The van der Waals surface area contributed by atoms with Crippen molar-refractivity contribution in [3.8, 4) is 0 Å². The molecule has 0 saturated carbocycles. The van der Waals surface area contributed by atoms with E-state index in [4.69, 9.17) is 0 Å². The Balaban J connectivity index is 1.80. The molecule has 0 aliphatic rings. The van der Waals surface area contributed by atoms with E-state index >= 15 is 0 Å². The number of H-pyrrole nitrogens is 1. The highest BCUT2D eigenvalue weighted by molar-refractivity contribution is 5.14. The zero-order valence-corrected chi connectivity index (χ0v) is 8.70. The van der Waals surface area contributed by atoms with Gasteiger partial charge in [0.15, 0.2) is 5.82 Å². The summed E-state index contributed by atoms with van der Waals surface area (Å²) in [6.45, 7) is 3.43. The lowest BCUT2D eigenvalue weighted by Crippen LogP contribution is -2.13. The number of benzene rings is 1. The van der Waals surface area contributed by atoms with E-state index in [2.05, 4.69) is 32.6 Å². The van der Waals surface area contributed by atoms with Crippen LogP contribution in [0.25, 0.3) is 0 Å². The first-order valence-corrected chi connectivity index (χ1v) is 4.97. The summed E-state index contributed by atoms with van der Waals surface area (Å²) in [5.41, 5.74) is 1.27. The fourth-order valence-corrected chi connectivity index (χ4v) is 1.38. The third-order valence-corrected chi connectivity index (χ3v) is 2.10. The molecule has 0 fully saturated rings. The van der Waals surface area contributed by atoms with Crippen LogP contribution in [0.4, 0.5) is 0 Å². The molecule has 0 bridgehead atoms. The Bertz CT molecular complexity index is 408. The molecule has 0 aliphatic carbocycles. The SMILES string of the molecule is Cc1nc(CNCc2ccccc2)n[nH]1. The largest absolute Gasteiger partial charge is 0.306 e. The Morgan fingerprint density at radius 2 is 2.00 bits per heavy atom. The number of nitrogens with one attached hydrogen (secondary N) is 2. The van der Waals surface area contributed by atoms with Crippen LogP contribution in [0.15, 0.2) is 30.3 Å². The molecular weight excluding hydrogens is 188 g/mol. The van der Waals surface area contributed by atoms with E-state index < -0.39 is 0 Å². The molecule has 1 heterocycles. The van der Waals surface area contributed by atoms with E-state index in [1.54, 1.807) is 0 Å². The monoisotopic (exact) mass is 202 g/mol. The van der Waals surface area contributed by atoms with Crippen LogP contribution in [0.3, 0.4) is 0 Å². The van der Waals surface area contributed by atoms with Crippen LogP contribution < -0.4 is 5.32 Å². The lowest BCUT2D eigenvalue weighted by Gasteiger charge is -2.01. The van der Waals surface area contributed by atoms with Crippen molar-refractivity contribution in [1.29, 1.82) is 0 Å². The molecule has 0 spiro atoms. The second kappa shape index (κ2) is 4.70. The molecule has 0 atom stereocenters. The van der Waals surface area contributed by atoms with Gasteiger partial charge in [0.25, 0.3) is 0 Å². The number of hydrogen-bond acceptors (Lipinski definition) is 3. The molecule has 0 amide bonds. The van der Waals surface area contributed by atoms with Crippen LogP contribution in [0, 0.1) is 6.92 Å². The normalized spacial score (nSPS) is 10.5. The summed E-state index contributed by atoms with van der Waals surface area (Å²) in [5, 5.41) is 10.2. The van der Waals surface area contributed by atoms with Crippen LogP contribution in [0.1, 0.15) is 17.2 Å². The van der Waals surface area contributed by atoms with Crippen molar-refractivity contribution in [1.82, 2.24) is 20.5 Å². The molecule has 4 heteroatoms. The average molecular weight is 202 g/mol. The molecule has 0 radical (unpaired) electrons. The Labute approximate surface area is 88.8 Å². The number of nitrogens with zero attached hydrogens (tertiary/aromatic N) is 2. The fourth-order valence-electron chi connectivity index (χ4n) is 1.38. The highest BCUT2D eigenvalue weighted by Crippen LogP contribution is 1.98. The zero-order chi connectivity index (χ0) is 10.5. The molecule has 15 heavy (non-hydrogen) atoms. The maximum absolute atomic E-state index is 4.21. The van der Waals surface area contributed by atoms with Crippen molar-refractivity contribution in [2.24, 2.45) is 0 Å². The van der Waals surface area contributed by atoms with Crippen molar-refractivity contribution in [2.45, 2.75) is 20.0 Å². The summed E-state index contributed by atoms with van der Waals surface area (Å²) < 4.78 is 0. The first-order chi connectivity index (χ1) is 7.34. The minimum atomic E-state index is 0.694. The molecule has 4 nitrogen and oxygen atoms in total. The minimum absolute atomic E-state index is 0.694. The third kappa shape index (κ3) is 2.89. The summed E-state index contributed by atoms with van der Waals surface area (Å²) in [5.74, 6) is 1.66. The summed E-state index contributed by atoms with van der Waals surface area (Å²) >= 11 is 0. The van der Waals surface area contributed by atoms with Gasteiger partial charge in [-0.3, -0.25) is 5.10 Å². The van der Waals surface area contributed by atoms with Gasteiger partial charge < -0.3 is 5.32 Å². The standard InChI is InChI=1S/C11H14N4/c1-9-13-11(15-14-9)8-12-7-10-5-3-2-4-6-10/h2-6,12H,7-8H2,1H3,(H,13,14,15). The summed E-state index contributed by atoms with van der Waals surface area (Å²) in [7, 11) is 0. The van der Waals surface area contributed by atoms with Crippen molar-refractivity contribution < 1.29 is 0 Å². The summed E-state index contributed by atoms with van der Waals surface area (Å²) in [6.07, 6.45) is 0. The Morgan fingerprint density at radius 1 is 1.20 bits per heavy atom. The lowest BCUT2D eigenvalue weighted by atomic mass is 10.2. The fraction of sp³-hybridized carbons (Fsp3) is 0.273. The van der Waals surface area contributed by atoms with Crippen LogP contribution in [-0.2, 0) is 13.1 Å². The Kier molecular flexibility index (Phi) is 3.09. The highest BCUT2D eigenvalue weighted by Gasteiger charge is 1.98. The minimum Gasteiger partial charge on any atom is -0.306 e. The van der Waals surface area contributed by atoms with Gasteiger partial charge in [-0.25, -0.2) is 4.98 Å². The molecule has 78 valence electrons.